The van der Waals surface area contributed by atoms with Crippen molar-refractivity contribution < 1.29 is 101 Å². The number of phenolic OH excluding ortho intramolecular Hbond substituents is 1. The molecule has 2 fully saturated rings. The zero-order valence-corrected chi connectivity index (χ0v) is 71.2. The van der Waals surface area contributed by atoms with E-state index in [9.17, 15) is 81.3 Å². The van der Waals surface area contributed by atoms with Crippen LogP contribution in [0.2, 0.25) is 0 Å². The van der Waals surface area contributed by atoms with E-state index in [0.29, 0.717) is 49.9 Å². The minimum absolute atomic E-state index is 0.00207. The van der Waals surface area contributed by atoms with Crippen LogP contribution in [0.25, 0.3) is 10.8 Å². The molecule has 0 spiro atoms. The number of carbonyl (C=O) groups excluding carboxylic acids is 11. The third-order valence-electron chi connectivity index (χ3n) is 20.5. The summed E-state index contributed by atoms with van der Waals surface area (Å²) >= 11 is 0. The molecule has 5 rings (SSSR count). The van der Waals surface area contributed by atoms with Gasteiger partial charge in [-0.15, -0.1) is 0 Å². The first-order chi connectivity index (χ1) is 57.7. The predicted octanol–water partition coefficient (Wildman–Crippen LogP) is -3.63. The Morgan fingerprint density at radius 1 is 0.541 bits per heavy atom. The van der Waals surface area contributed by atoms with Crippen LogP contribution in [0.3, 0.4) is 0 Å². The van der Waals surface area contributed by atoms with Gasteiger partial charge in [-0.1, -0.05) is 82.3 Å². The highest BCUT2D eigenvalue weighted by atomic mass is 32.2. The summed E-state index contributed by atoms with van der Waals surface area (Å²) in [6, 6.07) is 4.60. The number of aromatic hydroxyl groups is 1. The van der Waals surface area contributed by atoms with Crippen LogP contribution in [-0.4, -0.2) is 331 Å². The second kappa shape index (κ2) is 52.5. The normalized spacial score (nSPS) is 20.6. The van der Waals surface area contributed by atoms with Crippen molar-refractivity contribution in [2.45, 2.75) is 197 Å². The Balaban J connectivity index is 1.56. The van der Waals surface area contributed by atoms with Crippen LogP contribution in [0.15, 0.2) is 71.7 Å². The number of nitrogens with zero attached hydrogens (tertiary/aromatic N) is 6. The number of nitrogens with one attached hydrogen (secondary N) is 11. The van der Waals surface area contributed by atoms with E-state index in [2.05, 4.69) is 63.5 Å². The number of unbranched alkanes of at least 4 members (excludes halogenated alkanes) is 3. The number of carboxylic acid groups (broad SMARTS) is 3. The summed E-state index contributed by atoms with van der Waals surface area (Å²) in [5.74, 6) is -15.7. The number of phenols is 1. The summed E-state index contributed by atoms with van der Waals surface area (Å²) < 4.78 is 35.1. The maximum atomic E-state index is 15.6. The molecule has 122 heavy (non-hydrogen) atoms. The molecule has 0 aromatic heterocycles. The summed E-state index contributed by atoms with van der Waals surface area (Å²) in [5, 5.41) is 71.4. The van der Waals surface area contributed by atoms with Crippen LogP contribution in [0.1, 0.15) is 129 Å². The molecule has 0 bridgehead atoms. The minimum Gasteiger partial charge on any atom is -0.508 e. The molecule has 0 saturated carbocycles. The number of amides is 11. The lowest BCUT2D eigenvalue weighted by Crippen LogP contribution is -2.60. The molecule has 22 N–H and O–H groups in total. The van der Waals surface area contributed by atoms with Gasteiger partial charge in [0.05, 0.1) is 26.2 Å². The molecule has 3 aromatic carbocycles. The van der Waals surface area contributed by atoms with Gasteiger partial charge in [-0.3, -0.25) is 96.3 Å². The summed E-state index contributed by atoms with van der Waals surface area (Å²) in [6.45, 7) is 8.07. The van der Waals surface area contributed by atoms with E-state index in [-0.39, 0.29) is 147 Å². The van der Waals surface area contributed by atoms with Crippen molar-refractivity contribution in [3.8, 4) is 5.75 Å². The summed E-state index contributed by atoms with van der Waals surface area (Å²) in [4.78, 5) is 208. The van der Waals surface area contributed by atoms with E-state index in [1.54, 1.807) is 6.07 Å². The Morgan fingerprint density at radius 3 is 1.58 bits per heavy atom. The first-order valence-electron chi connectivity index (χ1n) is 41.2. The summed E-state index contributed by atoms with van der Waals surface area (Å²) in [7, 11) is -3.70. The Hall–Kier alpha value is -10.8. The SMILES string of the molecule is CC(C)NCCCC[C@H](NC(=O)[C@H]1CCC(=O)N[C@@H](CCCCNC(=O)[C@H](CS(=O)(=O)O)NC(=O)CN2CCN(CC(=O)O)CCN(CC(=O)O)CCN(CC(=O)O)CC2)C(=O)N[C@@H](Cc2ccc(O)cc2)C(=O)N(C)[C@@H](CCCCNC(C)C)C(=O)N[C@H](CCCN=C(N)N)C(=O)N[C@@H](Cc2ccc3ccccc3c2)C(=O)N[C@H](C)C(=O)N1)C(N)=O. The number of carboxylic acids is 3. The quantitative estimate of drug-likeness (QED) is 0.0113. The number of likely N-dealkylation sites (N-methyl/N-ethyl adjacent to an activating group) is 1. The Labute approximate surface area is 710 Å². The maximum absolute atomic E-state index is 15.6. The Kier molecular flexibility index (Phi) is 43.8. The van der Waals surface area contributed by atoms with Crippen LogP contribution in [0.5, 0.6) is 5.75 Å². The number of primary amides is 1. The zero-order chi connectivity index (χ0) is 90.2. The summed E-state index contributed by atoms with van der Waals surface area (Å²) in [5.41, 5.74) is 18.2. The molecule has 11 amide bonds. The fourth-order valence-electron chi connectivity index (χ4n) is 13.8. The van der Waals surface area contributed by atoms with Gasteiger partial charge in [-0.05, 0) is 131 Å². The molecule has 2 heterocycles. The maximum Gasteiger partial charge on any atom is 0.317 e. The number of benzene rings is 3. The lowest BCUT2D eigenvalue weighted by Gasteiger charge is -2.33. The van der Waals surface area contributed by atoms with Crippen LogP contribution < -0.4 is 75.7 Å². The predicted molar refractivity (Wildman–Crippen MR) is 451 cm³/mol. The molecule has 678 valence electrons. The molecular weight excluding hydrogens is 1610 g/mol. The number of guanidine groups is 1. The zero-order valence-electron chi connectivity index (χ0n) is 70.4. The fraction of sp³-hybridized carbons (Fsp3) is 0.613. The summed E-state index contributed by atoms with van der Waals surface area (Å²) in [6.07, 6.45) is -0.429. The standard InChI is InChI=1S/C80H126N20O21S/c1-50(2)84-30-12-9-18-58(71(81)110)91-76(115)61-28-29-66(102)89-59(19-10-13-32-86-73(112)64(49-122(119,120)121)90-67(103)45-97-34-36-98(46-68(104)105)38-40-100(48-70(108)109)41-39-99(37-35-97)47-69(106)107)74(113)95-63(43-53-23-26-57(101)27-24-53)79(118)96(6)65(21-11-14-31-85-51(3)4)78(117)93-60(20-15-33-87-80(82)83)75(114)94-62(77(116)88-52(5)72(111)92-61)44-54-22-25-55-16-7-8-17-56(55)42-54/h7-8,16-17,22-27,42,50-52,58-65,84-85,101H,9-15,18-21,28-41,43-49H2,1-6H3,(H2,81,110)(H,86,112)(H,88,116)(H,89,102)(H,90,103)(H,91,115)(H,92,111)(H,93,117)(H,94,114)(H,95,113)(H,104,105)(H,106,107)(H,108,109)(H4,82,83,87)(H,119,120,121)/t52-,58+,59+,60-,61-,62+,63+,64+,65+/m1/s1. The van der Waals surface area contributed by atoms with Gasteiger partial charge in [0.2, 0.25) is 65.0 Å². The average molecular weight is 1740 g/mol. The molecule has 3 aromatic rings. The number of rotatable bonds is 40. The molecule has 42 heteroatoms. The highest BCUT2D eigenvalue weighted by molar-refractivity contribution is 7.85. The van der Waals surface area contributed by atoms with Crippen LogP contribution in [0, 0.1) is 0 Å². The van der Waals surface area contributed by atoms with Crippen molar-refractivity contribution in [2.75, 3.05) is 118 Å². The van der Waals surface area contributed by atoms with E-state index >= 15 is 19.2 Å². The highest BCUT2D eigenvalue weighted by Crippen LogP contribution is 2.21. The number of aliphatic imine (C=N–C) groups is 1. The molecule has 9 atom stereocenters. The van der Waals surface area contributed by atoms with Gasteiger partial charge >= 0.3 is 17.9 Å². The molecule has 2 aliphatic rings. The molecule has 2 saturated heterocycles. The van der Waals surface area contributed by atoms with E-state index in [1.165, 1.54) is 57.8 Å². The van der Waals surface area contributed by atoms with Gasteiger partial charge in [0, 0.05) is 104 Å². The van der Waals surface area contributed by atoms with Crippen molar-refractivity contribution >= 4 is 110 Å². The fourth-order valence-corrected chi connectivity index (χ4v) is 14.5. The van der Waals surface area contributed by atoms with Gasteiger partial charge in [0.25, 0.3) is 10.1 Å². The number of hydrogen-bond acceptors (Lipinski definition) is 24. The molecule has 0 radical (unpaired) electrons. The lowest BCUT2D eigenvalue weighted by atomic mass is 9.99. The second-order valence-corrected chi connectivity index (χ2v) is 32.9. The number of nitrogens with two attached hydrogens (primary N) is 3. The van der Waals surface area contributed by atoms with Crippen LogP contribution >= 0.6 is 0 Å². The molecular formula is C80H126N20O21S. The monoisotopic (exact) mass is 1730 g/mol. The molecule has 0 unspecified atom stereocenters. The van der Waals surface area contributed by atoms with Crippen molar-refractivity contribution in [2.24, 2.45) is 22.2 Å². The first kappa shape index (κ1) is 102. The van der Waals surface area contributed by atoms with Crippen LogP contribution in [-0.2, 0) is 90.1 Å². The highest BCUT2D eigenvalue weighted by Gasteiger charge is 2.38. The van der Waals surface area contributed by atoms with Crippen molar-refractivity contribution in [1.82, 2.24) is 83.0 Å². The number of fused-ring (bicyclic) bond motifs is 1. The number of hydrogen-bond donors (Lipinski definition) is 19. The van der Waals surface area contributed by atoms with Gasteiger partial charge in [-0.25, -0.2) is 0 Å². The number of carbonyl (C=O) groups is 14. The van der Waals surface area contributed by atoms with Crippen molar-refractivity contribution in [3.63, 3.8) is 0 Å². The van der Waals surface area contributed by atoms with Gasteiger partial charge < -0.3 is 101 Å². The lowest BCUT2D eigenvalue weighted by molar-refractivity contribution is -0.143. The molecule has 0 aliphatic carbocycles. The Bertz CT molecular complexity index is 4110. The topological polar surface area (TPSA) is 613 Å². The van der Waals surface area contributed by atoms with Crippen molar-refractivity contribution in [3.05, 3.63) is 77.9 Å². The van der Waals surface area contributed by atoms with Crippen LogP contribution in [0.4, 0.5) is 0 Å². The second-order valence-electron chi connectivity index (χ2n) is 31.4. The van der Waals surface area contributed by atoms with Gasteiger partial charge in [0.15, 0.2) is 5.96 Å². The average Bonchev–Trinajstić information content (AvgIpc) is 0.922. The number of aliphatic carboxylic acids is 3. The van der Waals surface area contributed by atoms with Gasteiger partial charge in [-0.2, -0.15) is 8.42 Å². The van der Waals surface area contributed by atoms with Gasteiger partial charge in [0.1, 0.15) is 65.9 Å². The first-order valence-corrected chi connectivity index (χ1v) is 42.9. The third-order valence-corrected chi connectivity index (χ3v) is 21.2. The molecule has 41 nitrogen and oxygen atoms in total. The Morgan fingerprint density at radius 2 is 1.03 bits per heavy atom. The van der Waals surface area contributed by atoms with E-state index in [0.717, 1.165) is 15.7 Å². The smallest absolute Gasteiger partial charge is 0.317 e. The largest absolute Gasteiger partial charge is 0.508 e. The van der Waals surface area contributed by atoms with E-state index < -0.39 is 192 Å². The van der Waals surface area contributed by atoms with Crippen molar-refractivity contribution in [1.29, 1.82) is 0 Å². The minimum atomic E-state index is -5.03. The van der Waals surface area contributed by atoms with E-state index in [4.69, 9.17) is 17.2 Å². The van der Waals surface area contributed by atoms with E-state index in [1.807, 2.05) is 64.1 Å². The third kappa shape index (κ3) is 39.4. The molecule has 2 aliphatic heterocycles.